The number of ether oxygens (including phenoxy) is 2. The summed E-state index contributed by atoms with van der Waals surface area (Å²) in [5.74, 6) is -3.83. The van der Waals surface area contributed by atoms with E-state index in [1.807, 2.05) is 6.92 Å². The molecule has 7 aliphatic rings. The van der Waals surface area contributed by atoms with E-state index in [4.69, 9.17) is 18.8 Å². The van der Waals surface area contributed by atoms with Gasteiger partial charge in [0.25, 0.3) is 0 Å². The summed E-state index contributed by atoms with van der Waals surface area (Å²) in [5.41, 5.74) is -16.0. The number of aliphatic hydroxyl groups excluding tert-OH is 2. The minimum atomic E-state index is -2.48. The number of nitrogens with one attached hydrogen (secondary N) is 1. The number of rotatable bonds is 5. The Kier molecular flexibility index (Phi) is 4.88. The SMILES string of the molecule is CCB1O[C@]23CC[C@@](O)(CO)[C@@H](O)[C@@]24O[C@]2(O)C[C@]3(C)[C@]3(O1)[C@H](OC(=O)c1ccc[nH]1)[C@](O)(C(C)C)[C@]2(C)[C@@]34O. The highest BCUT2D eigenvalue weighted by molar-refractivity contribution is 6.45. The first-order valence-corrected chi connectivity index (χ1v) is 14.1. The smallest absolute Gasteiger partial charge is 0.451 e. The van der Waals surface area contributed by atoms with E-state index in [0.717, 1.165) is 0 Å². The van der Waals surface area contributed by atoms with Gasteiger partial charge in [0, 0.05) is 18.0 Å². The molecule has 12 nitrogen and oxygen atoms in total. The lowest BCUT2D eigenvalue weighted by atomic mass is 9.51. The van der Waals surface area contributed by atoms with Crippen LogP contribution in [0.4, 0.5) is 0 Å². The molecule has 7 bridgehead atoms. The quantitative estimate of drug-likeness (QED) is 0.180. The molecule has 0 radical (unpaired) electrons. The van der Waals surface area contributed by atoms with Crippen molar-refractivity contribution in [3.8, 4) is 0 Å². The first-order chi connectivity index (χ1) is 18.5. The fourth-order valence-corrected chi connectivity index (χ4v) is 10.7. The van der Waals surface area contributed by atoms with E-state index in [1.54, 1.807) is 33.0 Å². The lowest BCUT2D eigenvalue weighted by Crippen LogP contribution is -2.81. The zero-order chi connectivity index (χ0) is 29.2. The highest BCUT2D eigenvalue weighted by Crippen LogP contribution is 2.93. The van der Waals surface area contributed by atoms with Crippen LogP contribution in [0.25, 0.3) is 0 Å². The van der Waals surface area contributed by atoms with Gasteiger partial charge in [0.15, 0.2) is 17.5 Å². The van der Waals surface area contributed by atoms with Crippen LogP contribution in [0, 0.1) is 16.7 Å². The predicted octanol–water partition coefficient (Wildman–Crippen LogP) is -0.530. The first-order valence-electron chi connectivity index (χ1n) is 14.1. The Morgan fingerprint density at radius 3 is 2.45 bits per heavy atom. The van der Waals surface area contributed by atoms with Crippen molar-refractivity contribution in [2.24, 2.45) is 16.7 Å². The topological polar surface area (TPSA) is 191 Å². The van der Waals surface area contributed by atoms with E-state index in [1.165, 1.54) is 13.0 Å². The summed E-state index contributed by atoms with van der Waals surface area (Å²) in [6, 6.07) is 3.13. The Labute approximate surface area is 231 Å². The summed E-state index contributed by atoms with van der Waals surface area (Å²) in [4.78, 5) is 16.4. The molecule has 1 aromatic heterocycles. The van der Waals surface area contributed by atoms with Gasteiger partial charge < -0.3 is 54.4 Å². The molecule has 7 N–H and O–H groups in total. The van der Waals surface area contributed by atoms with Crippen LogP contribution >= 0.6 is 0 Å². The van der Waals surface area contributed by atoms with Gasteiger partial charge in [-0.25, -0.2) is 4.79 Å². The largest absolute Gasteiger partial charge is 0.457 e. The van der Waals surface area contributed by atoms with E-state index in [-0.39, 0.29) is 25.0 Å². The molecule has 4 heterocycles. The van der Waals surface area contributed by atoms with Crippen LogP contribution in [-0.2, 0) is 18.8 Å². The summed E-state index contributed by atoms with van der Waals surface area (Å²) in [7, 11) is -0.979. The minimum Gasteiger partial charge on any atom is -0.451 e. The number of hydrogen-bond donors (Lipinski definition) is 7. The fraction of sp³-hybridized carbons (Fsp3) is 0.815. The van der Waals surface area contributed by atoms with Crippen molar-refractivity contribution in [1.29, 1.82) is 0 Å². The van der Waals surface area contributed by atoms with Gasteiger partial charge in [-0.2, -0.15) is 0 Å². The van der Waals surface area contributed by atoms with Crippen molar-refractivity contribution in [3.63, 3.8) is 0 Å². The third-order valence-corrected chi connectivity index (χ3v) is 12.4. The summed E-state index contributed by atoms with van der Waals surface area (Å²) >= 11 is 0. The molecule has 4 saturated carbocycles. The van der Waals surface area contributed by atoms with Crippen LogP contribution in [0.2, 0.25) is 6.32 Å². The maximum atomic E-state index is 13.6. The van der Waals surface area contributed by atoms with E-state index < -0.39 is 88.0 Å². The summed E-state index contributed by atoms with van der Waals surface area (Å²) in [6.07, 6.45) is -1.98. The van der Waals surface area contributed by atoms with Gasteiger partial charge in [-0.3, -0.25) is 0 Å². The normalized spacial score (nSPS) is 57.1. The average molecular weight is 563 g/mol. The second-order valence-corrected chi connectivity index (χ2v) is 13.6. The maximum absolute atomic E-state index is 13.6. The van der Waals surface area contributed by atoms with Crippen molar-refractivity contribution >= 4 is 13.1 Å². The number of carbonyl (C=O) groups is 1. The van der Waals surface area contributed by atoms with E-state index in [2.05, 4.69) is 4.98 Å². The van der Waals surface area contributed by atoms with Crippen molar-refractivity contribution < 1.29 is 54.2 Å². The van der Waals surface area contributed by atoms with Gasteiger partial charge in [0.05, 0.1) is 17.6 Å². The number of carbonyl (C=O) groups excluding carboxylic acids is 1. The van der Waals surface area contributed by atoms with Gasteiger partial charge in [0.2, 0.25) is 0 Å². The highest BCUT2D eigenvalue weighted by Gasteiger charge is 3.12. The Bertz CT molecular complexity index is 1300. The molecule has 11 atom stereocenters. The van der Waals surface area contributed by atoms with Crippen LogP contribution < -0.4 is 0 Å². The summed E-state index contributed by atoms with van der Waals surface area (Å²) < 4.78 is 26.0. The maximum Gasteiger partial charge on any atom is 0.457 e. The number of esters is 1. The molecule has 8 rings (SSSR count). The monoisotopic (exact) mass is 563 g/mol. The van der Waals surface area contributed by atoms with Gasteiger partial charge in [-0.15, -0.1) is 0 Å². The molecule has 40 heavy (non-hydrogen) atoms. The van der Waals surface area contributed by atoms with Crippen LogP contribution in [0.3, 0.4) is 0 Å². The molecule has 3 aliphatic heterocycles. The highest BCUT2D eigenvalue weighted by atomic mass is 16.7. The standard InChI is InChI=1S/C27H38BNO11/c1-6-28-39-22-10-9-21(33,13-30)17(32)25(22)27(36)20(5)23(34,38-25)12-19(22,4)26(27,40-28)18(24(20,35)14(2)3)37-16(31)15-8-7-11-29-15/h7-8,11,14,17-18,29-30,32-36H,6,9-10,12-13H2,1-5H3/t17-,18-,19+,20-,21-,22+,23-,24-,25-,26-,27+/m1/s1. The Hall–Kier alpha value is -1.55. The van der Waals surface area contributed by atoms with Gasteiger partial charge in [-0.1, -0.05) is 27.7 Å². The number of hydrogen-bond acceptors (Lipinski definition) is 11. The van der Waals surface area contributed by atoms with Gasteiger partial charge >= 0.3 is 13.1 Å². The zero-order valence-corrected chi connectivity index (χ0v) is 23.3. The number of aliphatic hydroxyl groups is 6. The number of H-pyrrole nitrogens is 1. The Morgan fingerprint density at radius 2 is 1.88 bits per heavy atom. The third-order valence-electron chi connectivity index (χ3n) is 12.4. The molecular weight excluding hydrogens is 525 g/mol. The minimum absolute atomic E-state index is 0.0190. The molecule has 0 unspecified atom stereocenters. The lowest BCUT2D eigenvalue weighted by Gasteiger charge is -2.66. The molecule has 0 amide bonds. The first kappa shape index (κ1) is 27.3. The molecule has 4 aliphatic carbocycles. The van der Waals surface area contributed by atoms with Gasteiger partial charge in [-0.05, 0) is 44.1 Å². The van der Waals surface area contributed by atoms with Crippen molar-refractivity contribution in [2.75, 3.05) is 6.61 Å². The van der Waals surface area contributed by atoms with Crippen LogP contribution in [0.5, 0.6) is 0 Å². The van der Waals surface area contributed by atoms with E-state index in [9.17, 15) is 35.4 Å². The molecule has 3 spiro atoms. The fourth-order valence-electron chi connectivity index (χ4n) is 10.7. The Morgan fingerprint density at radius 1 is 1.18 bits per heavy atom. The van der Waals surface area contributed by atoms with Crippen molar-refractivity contribution in [1.82, 2.24) is 4.98 Å². The van der Waals surface area contributed by atoms with Gasteiger partial charge in [0.1, 0.15) is 34.2 Å². The van der Waals surface area contributed by atoms with E-state index in [0.29, 0.717) is 6.32 Å². The molecule has 220 valence electrons. The molecule has 7 fully saturated rings. The molecule has 13 heteroatoms. The summed E-state index contributed by atoms with van der Waals surface area (Å²) in [6.45, 7) is 7.51. The lowest BCUT2D eigenvalue weighted by molar-refractivity contribution is -0.403. The molecule has 3 saturated heterocycles. The van der Waals surface area contributed by atoms with Crippen LogP contribution in [-0.4, -0.2) is 107 Å². The predicted molar refractivity (Wildman–Crippen MR) is 135 cm³/mol. The number of aromatic amines is 1. The van der Waals surface area contributed by atoms with Crippen LogP contribution in [0.15, 0.2) is 18.3 Å². The molecule has 0 aromatic carbocycles. The Balaban J connectivity index is 1.60. The van der Waals surface area contributed by atoms with Crippen molar-refractivity contribution in [3.05, 3.63) is 24.0 Å². The molecular formula is C27H38BNO11. The van der Waals surface area contributed by atoms with Crippen LogP contribution in [0.1, 0.15) is 64.4 Å². The summed E-state index contributed by atoms with van der Waals surface area (Å²) in [5, 5.41) is 72.6. The zero-order valence-electron chi connectivity index (χ0n) is 23.3. The average Bonchev–Trinajstić information content (AvgIpc) is 3.51. The molecule has 1 aromatic rings. The number of aromatic nitrogens is 1. The second kappa shape index (κ2) is 7.15. The van der Waals surface area contributed by atoms with E-state index >= 15 is 0 Å². The third kappa shape index (κ3) is 2.05. The second-order valence-electron chi connectivity index (χ2n) is 13.6. The van der Waals surface area contributed by atoms with Crippen molar-refractivity contribution in [2.45, 2.75) is 112 Å².